The van der Waals surface area contributed by atoms with Gasteiger partial charge in [-0.1, -0.05) is 13.0 Å². The second kappa shape index (κ2) is 7.08. The summed E-state index contributed by atoms with van der Waals surface area (Å²) in [5.41, 5.74) is 1.08. The van der Waals surface area contributed by atoms with Crippen LogP contribution in [0.1, 0.15) is 25.3 Å². The largest absolute Gasteiger partial charge is 0.481 e. The zero-order chi connectivity index (χ0) is 17.0. The number of rotatable bonds is 4. The first-order valence-electron chi connectivity index (χ1n) is 7.48. The van der Waals surface area contributed by atoms with E-state index in [2.05, 4.69) is 5.32 Å². The molecule has 1 aliphatic rings. The number of non-ortho nitro benzene ring substituents is 1. The molecule has 2 amide bonds. The van der Waals surface area contributed by atoms with Crippen molar-refractivity contribution in [3.8, 4) is 0 Å². The number of carbonyl (C=O) groups excluding carboxylic acids is 1. The van der Waals surface area contributed by atoms with Gasteiger partial charge < -0.3 is 15.3 Å². The molecular weight excluding hydrogens is 302 g/mol. The third-order valence-corrected chi connectivity index (χ3v) is 3.98. The minimum atomic E-state index is -0.910. The summed E-state index contributed by atoms with van der Waals surface area (Å²) in [4.78, 5) is 35.2. The molecule has 124 valence electrons. The fourth-order valence-electron chi connectivity index (χ4n) is 2.66. The van der Waals surface area contributed by atoms with Gasteiger partial charge in [0.05, 0.1) is 16.5 Å². The molecular formula is C15H19N3O5. The van der Waals surface area contributed by atoms with Gasteiger partial charge in [-0.15, -0.1) is 0 Å². The summed E-state index contributed by atoms with van der Waals surface area (Å²) < 4.78 is 0. The number of carboxylic acids is 1. The lowest BCUT2D eigenvalue weighted by molar-refractivity contribution is -0.384. The van der Waals surface area contributed by atoms with Gasteiger partial charge >= 0.3 is 12.0 Å². The number of benzene rings is 1. The van der Waals surface area contributed by atoms with E-state index in [1.54, 1.807) is 6.07 Å². The molecule has 0 aliphatic carbocycles. The van der Waals surface area contributed by atoms with Crippen molar-refractivity contribution in [1.29, 1.82) is 0 Å². The van der Waals surface area contributed by atoms with E-state index < -0.39 is 22.8 Å². The molecule has 8 heteroatoms. The van der Waals surface area contributed by atoms with E-state index >= 15 is 0 Å². The lowest BCUT2D eigenvalue weighted by atomic mass is 9.99. The maximum Gasteiger partial charge on any atom is 0.321 e. The van der Waals surface area contributed by atoms with Crippen LogP contribution in [0.2, 0.25) is 0 Å². The Morgan fingerprint density at radius 3 is 2.83 bits per heavy atom. The minimum absolute atomic E-state index is 0.0976. The Morgan fingerprint density at radius 2 is 2.22 bits per heavy atom. The molecule has 1 aromatic rings. The van der Waals surface area contributed by atoms with Crippen molar-refractivity contribution >= 4 is 23.4 Å². The molecule has 1 fully saturated rings. The molecule has 1 heterocycles. The van der Waals surface area contributed by atoms with E-state index in [1.165, 1.54) is 17.0 Å². The Morgan fingerprint density at radius 1 is 1.48 bits per heavy atom. The van der Waals surface area contributed by atoms with Crippen molar-refractivity contribution in [2.24, 2.45) is 5.92 Å². The van der Waals surface area contributed by atoms with Crippen molar-refractivity contribution in [3.05, 3.63) is 33.9 Å². The Balaban J connectivity index is 2.14. The maximum absolute atomic E-state index is 12.3. The van der Waals surface area contributed by atoms with E-state index in [4.69, 9.17) is 5.11 Å². The van der Waals surface area contributed by atoms with Gasteiger partial charge in [0.25, 0.3) is 5.69 Å². The topological polar surface area (TPSA) is 113 Å². The van der Waals surface area contributed by atoms with Gasteiger partial charge in [-0.05, 0) is 24.8 Å². The molecule has 1 aromatic carbocycles. The highest BCUT2D eigenvalue weighted by Crippen LogP contribution is 2.24. The van der Waals surface area contributed by atoms with Gasteiger partial charge in [0.15, 0.2) is 0 Å². The zero-order valence-electron chi connectivity index (χ0n) is 12.8. The summed E-state index contributed by atoms with van der Waals surface area (Å²) in [5.74, 6) is -1.47. The molecule has 1 saturated heterocycles. The number of urea groups is 1. The van der Waals surface area contributed by atoms with E-state index in [9.17, 15) is 19.7 Å². The molecule has 1 atom stereocenters. The van der Waals surface area contributed by atoms with Crippen LogP contribution in [0, 0.1) is 16.0 Å². The van der Waals surface area contributed by atoms with E-state index in [0.29, 0.717) is 31.5 Å². The number of aryl methyl sites for hydroxylation is 1. The van der Waals surface area contributed by atoms with Gasteiger partial charge in [0.1, 0.15) is 0 Å². The second-order valence-electron chi connectivity index (χ2n) is 5.51. The third kappa shape index (κ3) is 3.97. The normalized spacial score (nSPS) is 17.6. The lowest BCUT2D eigenvalue weighted by Crippen LogP contribution is -2.44. The molecule has 2 rings (SSSR count). The number of amides is 2. The number of nitrogens with zero attached hydrogens (tertiary/aromatic N) is 2. The average molecular weight is 321 g/mol. The number of hydrogen-bond donors (Lipinski definition) is 2. The molecule has 1 unspecified atom stereocenters. The number of carboxylic acid groups (broad SMARTS) is 1. The van der Waals surface area contributed by atoms with Crippen LogP contribution in [0.3, 0.4) is 0 Å². The molecule has 0 saturated carbocycles. The lowest BCUT2D eigenvalue weighted by Gasteiger charge is -2.30. The van der Waals surface area contributed by atoms with Crippen molar-refractivity contribution < 1.29 is 19.6 Å². The van der Waals surface area contributed by atoms with Gasteiger partial charge in [0.2, 0.25) is 0 Å². The number of nitro groups is 1. The highest BCUT2D eigenvalue weighted by Gasteiger charge is 2.28. The molecule has 0 aromatic heterocycles. The van der Waals surface area contributed by atoms with E-state index in [1.807, 2.05) is 6.92 Å². The summed E-state index contributed by atoms with van der Waals surface area (Å²) in [6.45, 7) is 2.52. The molecule has 0 bridgehead atoms. The molecule has 1 aliphatic heterocycles. The van der Waals surface area contributed by atoms with Crippen molar-refractivity contribution in [2.45, 2.75) is 26.2 Å². The molecule has 23 heavy (non-hydrogen) atoms. The van der Waals surface area contributed by atoms with Crippen LogP contribution in [-0.4, -0.2) is 40.0 Å². The number of nitro benzene ring substituents is 1. The molecule has 0 radical (unpaired) electrons. The van der Waals surface area contributed by atoms with Gasteiger partial charge in [-0.25, -0.2) is 4.79 Å². The summed E-state index contributed by atoms with van der Waals surface area (Å²) in [5, 5.41) is 22.6. The smallest absolute Gasteiger partial charge is 0.321 e. The predicted molar refractivity (Wildman–Crippen MR) is 83.4 cm³/mol. The maximum atomic E-state index is 12.3. The van der Waals surface area contributed by atoms with Crippen molar-refractivity contribution in [3.63, 3.8) is 0 Å². The number of carbonyl (C=O) groups is 2. The fraction of sp³-hybridized carbons (Fsp3) is 0.467. The first kappa shape index (κ1) is 16.7. The number of likely N-dealkylation sites (tertiary alicyclic amines) is 1. The second-order valence-corrected chi connectivity index (χ2v) is 5.51. The quantitative estimate of drug-likeness (QED) is 0.653. The van der Waals surface area contributed by atoms with Crippen LogP contribution in [0.4, 0.5) is 16.2 Å². The minimum Gasteiger partial charge on any atom is -0.481 e. The Labute approximate surface area is 133 Å². The Hall–Kier alpha value is -2.64. The van der Waals surface area contributed by atoms with Crippen molar-refractivity contribution in [1.82, 2.24) is 4.90 Å². The summed E-state index contributed by atoms with van der Waals surface area (Å²) in [7, 11) is 0. The van der Waals surface area contributed by atoms with Gasteiger partial charge in [0, 0.05) is 25.2 Å². The first-order chi connectivity index (χ1) is 10.9. The van der Waals surface area contributed by atoms with Crippen LogP contribution >= 0.6 is 0 Å². The third-order valence-electron chi connectivity index (χ3n) is 3.98. The van der Waals surface area contributed by atoms with Gasteiger partial charge in [-0.3, -0.25) is 14.9 Å². The standard InChI is InChI=1S/C15H19N3O5/c1-2-10-5-6-12(18(22)23)8-13(10)16-15(21)17-7-3-4-11(9-17)14(19)20/h5-6,8,11H,2-4,7,9H2,1H3,(H,16,21)(H,19,20). The fourth-order valence-corrected chi connectivity index (χ4v) is 2.66. The Bertz CT molecular complexity index is 632. The van der Waals surface area contributed by atoms with Crippen LogP contribution in [0.5, 0.6) is 0 Å². The number of piperidine rings is 1. The molecule has 2 N–H and O–H groups in total. The SMILES string of the molecule is CCc1ccc([N+](=O)[O-])cc1NC(=O)N1CCCC(C(=O)O)C1. The Kier molecular flexibility index (Phi) is 5.15. The number of nitrogens with one attached hydrogen (secondary N) is 1. The van der Waals surface area contributed by atoms with Crippen molar-refractivity contribution in [2.75, 3.05) is 18.4 Å². The highest BCUT2D eigenvalue weighted by molar-refractivity contribution is 5.91. The molecule has 0 spiro atoms. The number of hydrogen-bond acceptors (Lipinski definition) is 4. The van der Waals surface area contributed by atoms with Crippen LogP contribution in [-0.2, 0) is 11.2 Å². The molecule has 8 nitrogen and oxygen atoms in total. The van der Waals surface area contributed by atoms with Crippen LogP contribution in [0.15, 0.2) is 18.2 Å². The van der Waals surface area contributed by atoms with Crippen LogP contribution < -0.4 is 5.32 Å². The van der Waals surface area contributed by atoms with Gasteiger partial charge in [-0.2, -0.15) is 0 Å². The summed E-state index contributed by atoms with van der Waals surface area (Å²) in [6, 6.07) is 3.92. The van der Waals surface area contributed by atoms with Crippen LogP contribution in [0.25, 0.3) is 0 Å². The predicted octanol–water partition coefficient (Wildman–Crippen LogP) is 2.49. The zero-order valence-corrected chi connectivity index (χ0v) is 12.8. The average Bonchev–Trinajstić information content (AvgIpc) is 2.54. The number of anilines is 1. The highest BCUT2D eigenvalue weighted by atomic mass is 16.6. The first-order valence-corrected chi connectivity index (χ1v) is 7.48. The van der Waals surface area contributed by atoms with E-state index in [-0.39, 0.29) is 12.2 Å². The summed E-state index contributed by atoms with van der Waals surface area (Å²) >= 11 is 0. The summed E-state index contributed by atoms with van der Waals surface area (Å²) in [6.07, 6.45) is 1.79. The monoisotopic (exact) mass is 321 g/mol. The van der Waals surface area contributed by atoms with E-state index in [0.717, 1.165) is 5.56 Å². The number of aliphatic carboxylic acids is 1.